The van der Waals surface area contributed by atoms with Crippen molar-refractivity contribution in [2.75, 3.05) is 0 Å². The van der Waals surface area contributed by atoms with Gasteiger partial charge in [-0.1, -0.05) is 116 Å². The van der Waals surface area contributed by atoms with Crippen LogP contribution in [0.15, 0.2) is 152 Å². The first-order valence-electron chi connectivity index (χ1n) is 16.6. The summed E-state index contributed by atoms with van der Waals surface area (Å²) in [6.07, 6.45) is 11.8. The Morgan fingerprint density at radius 2 is 0.959 bits per heavy atom. The van der Waals surface area contributed by atoms with E-state index >= 15 is 0 Å². The third kappa shape index (κ3) is 5.08. The van der Waals surface area contributed by atoms with E-state index in [4.69, 9.17) is 15.0 Å². The zero-order valence-corrected chi connectivity index (χ0v) is 26.9. The molecule has 1 aliphatic carbocycles. The fourth-order valence-corrected chi connectivity index (χ4v) is 7.38. The standard InChI is InChI=1S/C44H31N5/c1-28-33(18-19-39-37-11-4-3-9-35(37)36-10-5-6-12-38(36)41(28)39)29-14-16-30(17-15-29)34-8-2-7-13-40(34)44-48-42(31-20-24-45-25-21-31)47-43(49-44)32-22-26-46-27-23-32/h2-28,33H,1H3. The number of benzene rings is 5. The molecule has 232 valence electrons. The Labute approximate surface area is 284 Å². The van der Waals surface area contributed by atoms with Crippen molar-refractivity contribution in [1.29, 1.82) is 0 Å². The van der Waals surface area contributed by atoms with Crippen LogP contribution in [-0.2, 0) is 0 Å². The molecule has 0 saturated carbocycles. The van der Waals surface area contributed by atoms with Gasteiger partial charge in [0.2, 0.25) is 0 Å². The zero-order valence-electron chi connectivity index (χ0n) is 26.9. The molecule has 8 aromatic rings. The van der Waals surface area contributed by atoms with Gasteiger partial charge in [0.25, 0.3) is 0 Å². The maximum absolute atomic E-state index is 4.98. The van der Waals surface area contributed by atoms with Crippen molar-refractivity contribution < 1.29 is 0 Å². The molecule has 0 bridgehead atoms. The Morgan fingerprint density at radius 1 is 0.449 bits per heavy atom. The molecule has 2 atom stereocenters. The molecule has 5 aromatic carbocycles. The molecule has 1 aliphatic rings. The second-order valence-electron chi connectivity index (χ2n) is 12.5. The predicted molar refractivity (Wildman–Crippen MR) is 199 cm³/mol. The van der Waals surface area contributed by atoms with Crippen molar-refractivity contribution in [1.82, 2.24) is 24.9 Å². The number of aromatic nitrogens is 5. The first-order valence-corrected chi connectivity index (χ1v) is 16.6. The van der Waals surface area contributed by atoms with Gasteiger partial charge in [0.1, 0.15) is 0 Å². The highest BCUT2D eigenvalue weighted by molar-refractivity contribution is 6.13. The fraction of sp³-hybridized carbons (Fsp3) is 0.0682. The van der Waals surface area contributed by atoms with Crippen LogP contribution in [0.25, 0.3) is 72.9 Å². The van der Waals surface area contributed by atoms with Gasteiger partial charge < -0.3 is 0 Å². The van der Waals surface area contributed by atoms with Crippen molar-refractivity contribution in [2.24, 2.45) is 0 Å². The summed E-state index contributed by atoms with van der Waals surface area (Å²) in [5.41, 5.74) is 8.96. The minimum absolute atomic E-state index is 0.260. The maximum atomic E-state index is 4.98. The van der Waals surface area contributed by atoms with Gasteiger partial charge in [0.05, 0.1) is 0 Å². The smallest absolute Gasteiger partial charge is 0.164 e. The SMILES string of the molecule is CC1c2c(c3ccccc3c3ccccc23)C=CC1c1ccc(-c2ccccc2-c2nc(-c3ccncc3)nc(-c3ccncc3)n2)cc1. The van der Waals surface area contributed by atoms with Gasteiger partial charge in [0.15, 0.2) is 17.5 Å². The lowest BCUT2D eigenvalue weighted by Crippen LogP contribution is -2.12. The van der Waals surface area contributed by atoms with Crippen molar-refractivity contribution >= 4 is 27.6 Å². The van der Waals surface area contributed by atoms with Crippen LogP contribution in [-0.4, -0.2) is 24.9 Å². The number of nitrogens with zero attached hydrogens (tertiary/aromatic N) is 5. The van der Waals surface area contributed by atoms with Crippen LogP contribution < -0.4 is 0 Å². The number of fused-ring (bicyclic) bond motifs is 6. The quantitative estimate of drug-likeness (QED) is 0.177. The minimum atomic E-state index is 0.260. The molecule has 3 heterocycles. The third-order valence-electron chi connectivity index (χ3n) is 9.77. The molecular weight excluding hydrogens is 599 g/mol. The molecule has 0 amide bonds. The lowest BCUT2D eigenvalue weighted by Gasteiger charge is -2.30. The average molecular weight is 630 g/mol. The summed E-state index contributed by atoms with van der Waals surface area (Å²) in [5, 5.41) is 5.30. The monoisotopic (exact) mass is 629 g/mol. The van der Waals surface area contributed by atoms with E-state index in [1.165, 1.54) is 38.2 Å². The van der Waals surface area contributed by atoms with Crippen molar-refractivity contribution in [2.45, 2.75) is 18.8 Å². The fourth-order valence-electron chi connectivity index (χ4n) is 7.38. The molecule has 2 unspecified atom stereocenters. The lowest BCUT2D eigenvalue weighted by molar-refractivity contribution is 0.675. The zero-order chi connectivity index (χ0) is 32.7. The minimum Gasteiger partial charge on any atom is -0.265 e. The number of hydrogen-bond acceptors (Lipinski definition) is 5. The summed E-state index contributed by atoms with van der Waals surface area (Å²) in [7, 11) is 0. The van der Waals surface area contributed by atoms with E-state index in [1.807, 2.05) is 30.3 Å². The van der Waals surface area contributed by atoms with Crippen LogP contribution in [0.2, 0.25) is 0 Å². The van der Waals surface area contributed by atoms with E-state index in [2.05, 4.69) is 120 Å². The Bertz CT molecular complexity index is 2450. The highest BCUT2D eigenvalue weighted by Gasteiger charge is 2.27. The number of allylic oxidation sites excluding steroid dienone is 1. The Morgan fingerprint density at radius 3 is 1.59 bits per heavy atom. The van der Waals surface area contributed by atoms with Gasteiger partial charge in [-0.2, -0.15) is 0 Å². The Kier molecular flexibility index (Phi) is 7.09. The van der Waals surface area contributed by atoms with E-state index in [-0.39, 0.29) is 5.92 Å². The number of rotatable bonds is 5. The van der Waals surface area contributed by atoms with Crippen LogP contribution >= 0.6 is 0 Å². The summed E-state index contributed by atoms with van der Waals surface area (Å²) in [4.78, 5) is 23.2. The van der Waals surface area contributed by atoms with Crippen LogP contribution in [0.3, 0.4) is 0 Å². The Hall–Kier alpha value is -6.33. The van der Waals surface area contributed by atoms with E-state index in [0.717, 1.165) is 27.8 Å². The number of pyridine rings is 2. The molecule has 5 nitrogen and oxygen atoms in total. The van der Waals surface area contributed by atoms with Gasteiger partial charge in [-0.05, 0) is 79.5 Å². The van der Waals surface area contributed by atoms with Crippen molar-refractivity contribution in [3.8, 4) is 45.3 Å². The average Bonchev–Trinajstić information content (AvgIpc) is 3.18. The molecular formula is C44H31N5. The number of hydrogen-bond donors (Lipinski definition) is 0. The summed E-state index contributed by atoms with van der Waals surface area (Å²) < 4.78 is 0. The van der Waals surface area contributed by atoms with Gasteiger partial charge >= 0.3 is 0 Å². The highest BCUT2D eigenvalue weighted by atomic mass is 15.0. The van der Waals surface area contributed by atoms with E-state index in [0.29, 0.717) is 23.4 Å². The first kappa shape index (κ1) is 28.9. The van der Waals surface area contributed by atoms with Gasteiger partial charge in [-0.25, -0.2) is 15.0 Å². The molecule has 0 spiro atoms. The Balaban J connectivity index is 1.11. The molecule has 0 fully saturated rings. The second kappa shape index (κ2) is 12.0. The molecule has 0 radical (unpaired) electrons. The van der Waals surface area contributed by atoms with Gasteiger partial charge in [0, 0.05) is 47.4 Å². The summed E-state index contributed by atoms with van der Waals surface area (Å²) in [5.74, 6) is 2.39. The maximum Gasteiger partial charge on any atom is 0.164 e. The molecule has 0 saturated heterocycles. The van der Waals surface area contributed by atoms with Gasteiger partial charge in [-0.15, -0.1) is 0 Å². The topological polar surface area (TPSA) is 64.5 Å². The lowest BCUT2D eigenvalue weighted by atomic mass is 9.73. The highest BCUT2D eigenvalue weighted by Crippen LogP contribution is 2.47. The van der Waals surface area contributed by atoms with E-state index in [9.17, 15) is 0 Å². The largest absolute Gasteiger partial charge is 0.265 e. The molecule has 9 rings (SSSR count). The summed E-state index contributed by atoms with van der Waals surface area (Å²) in [6.45, 7) is 2.37. The summed E-state index contributed by atoms with van der Waals surface area (Å²) in [6, 6.07) is 42.7. The molecule has 5 heteroatoms. The van der Waals surface area contributed by atoms with E-state index in [1.54, 1.807) is 24.8 Å². The third-order valence-corrected chi connectivity index (χ3v) is 9.77. The molecule has 3 aromatic heterocycles. The van der Waals surface area contributed by atoms with Crippen molar-refractivity contribution in [3.05, 3.63) is 169 Å². The second-order valence-corrected chi connectivity index (χ2v) is 12.5. The van der Waals surface area contributed by atoms with Crippen LogP contribution in [0, 0.1) is 0 Å². The molecule has 0 aliphatic heterocycles. The van der Waals surface area contributed by atoms with Gasteiger partial charge in [-0.3, -0.25) is 9.97 Å². The normalized spacial score (nSPS) is 15.4. The predicted octanol–water partition coefficient (Wildman–Crippen LogP) is 10.6. The van der Waals surface area contributed by atoms with Crippen LogP contribution in [0.5, 0.6) is 0 Å². The molecule has 49 heavy (non-hydrogen) atoms. The first-order chi connectivity index (χ1) is 24.2. The van der Waals surface area contributed by atoms with E-state index < -0.39 is 0 Å². The summed E-state index contributed by atoms with van der Waals surface area (Å²) >= 11 is 0. The molecule has 0 N–H and O–H groups in total. The van der Waals surface area contributed by atoms with Crippen LogP contribution in [0.4, 0.5) is 0 Å². The van der Waals surface area contributed by atoms with Crippen LogP contribution in [0.1, 0.15) is 35.4 Å². The van der Waals surface area contributed by atoms with Crippen molar-refractivity contribution in [3.63, 3.8) is 0 Å².